The van der Waals surface area contributed by atoms with Gasteiger partial charge in [0.15, 0.2) is 5.69 Å². The number of nitrogens with zero attached hydrogens (tertiary/aromatic N) is 3. The van der Waals surface area contributed by atoms with Gasteiger partial charge in [-0.1, -0.05) is 6.07 Å². The van der Waals surface area contributed by atoms with Crippen LogP contribution in [0.5, 0.6) is 5.75 Å². The van der Waals surface area contributed by atoms with Gasteiger partial charge in [0.05, 0.1) is 24.7 Å². The summed E-state index contributed by atoms with van der Waals surface area (Å²) in [5.41, 5.74) is 0.130. The van der Waals surface area contributed by atoms with Gasteiger partial charge in [-0.2, -0.15) is 9.78 Å². The molecule has 0 spiro atoms. The molecule has 0 fully saturated rings. The van der Waals surface area contributed by atoms with Crippen LogP contribution in [0.25, 0.3) is 10.9 Å². The van der Waals surface area contributed by atoms with Crippen molar-refractivity contribution in [1.29, 1.82) is 0 Å². The van der Waals surface area contributed by atoms with Crippen LogP contribution in [0.1, 0.15) is 20.8 Å². The van der Waals surface area contributed by atoms with Gasteiger partial charge in [-0.05, 0) is 24.3 Å². The number of hydrogen-bond acceptors (Lipinski definition) is 7. The predicted octanol–water partition coefficient (Wildman–Crippen LogP) is 2.43. The summed E-state index contributed by atoms with van der Waals surface area (Å²) in [5.74, 6) is -0.832. The number of rotatable bonds is 4. The summed E-state index contributed by atoms with van der Waals surface area (Å²) in [7, 11) is 2.63. The van der Waals surface area contributed by atoms with Crippen LogP contribution < -0.4 is 4.74 Å². The molecule has 1 aromatic heterocycles. The number of aromatic nitrogens is 2. The molecule has 0 amide bonds. The highest BCUT2D eigenvalue weighted by atomic mass is 16.6. The third kappa shape index (κ3) is 2.86. The van der Waals surface area contributed by atoms with Crippen LogP contribution in [0.3, 0.4) is 0 Å². The SMILES string of the molecule is COC(=O)c1nn(C(=O)c2cccc(OC)c2)c2ccc([N+](=O)[O-])cc12. The molecule has 0 bridgehead atoms. The van der Waals surface area contributed by atoms with E-state index < -0.39 is 16.8 Å². The van der Waals surface area contributed by atoms with Crippen molar-refractivity contribution in [2.24, 2.45) is 0 Å². The second-order valence-electron chi connectivity index (χ2n) is 5.25. The van der Waals surface area contributed by atoms with Gasteiger partial charge < -0.3 is 9.47 Å². The van der Waals surface area contributed by atoms with Gasteiger partial charge in [0.2, 0.25) is 0 Å². The molecular weight excluding hydrogens is 342 g/mol. The van der Waals surface area contributed by atoms with E-state index in [4.69, 9.17) is 4.74 Å². The molecule has 3 rings (SSSR count). The molecule has 9 nitrogen and oxygen atoms in total. The molecule has 0 aliphatic carbocycles. The lowest BCUT2D eigenvalue weighted by Gasteiger charge is -2.04. The van der Waals surface area contributed by atoms with E-state index in [9.17, 15) is 19.7 Å². The fourth-order valence-corrected chi connectivity index (χ4v) is 2.50. The fourth-order valence-electron chi connectivity index (χ4n) is 2.50. The number of nitro groups is 1. The maximum atomic E-state index is 12.8. The number of carbonyl (C=O) groups excluding carboxylic acids is 2. The van der Waals surface area contributed by atoms with Gasteiger partial charge in [-0.3, -0.25) is 14.9 Å². The lowest BCUT2D eigenvalue weighted by Crippen LogP contribution is -2.14. The summed E-state index contributed by atoms with van der Waals surface area (Å²) >= 11 is 0. The van der Waals surface area contributed by atoms with E-state index in [-0.39, 0.29) is 27.8 Å². The first-order valence-electron chi connectivity index (χ1n) is 7.40. The van der Waals surface area contributed by atoms with E-state index >= 15 is 0 Å². The summed E-state index contributed by atoms with van der Waals surface area (Å²) < 4.78 is 10.8. The first-order chi connectivity index (χ1) is 12.5. The van der Waals surface area contributed by atoms with Crippen LogP contribution in [-0.4, -0.2) is 40.8 Å². The highest BCUT2D eigenvalue weighted by molar-refractivity contribution is 6.08. The molecule has 0 radical (unpaired) electrons. The van der Waals surface area contributed by atoms with Crippen LogP contribution in [0, 0.1) is 10.1 Å². The van der Waals surface area contributed by atoms with Crippen molar-refractivity contribution in [3.63, 3.8) is 0 Å². The van der Waals surface area contributed by atoms with Gasteiger partial charge in [0.1, 0.15) is 5.75 Å². The Balaban J connectivity index is 2.20. The highest BCUT2D eigenvalue weighted by Crippen LogP contribution is 2.26. The Labute approximate surface area is 146 Å². The monoisotopic (exact) mass is 355 g/mol. The Morgan fingerprint density at radius 1 is 1.15 bits per heavy atom. The zero-order valence-corrected chi connectivity index (χ0v) is 13.8. The van der Waals surface area contributed by atoms with E-state index in [1.54, 1.807) is 18.2 Å². The van der Waals surface area contributed by atoms with Crippen LogP contribution >= 0.6 is 0 Å². The standard InChI is InChI=1S/C17H13N3O6/c1-25-12-5-3-4-10(8-12)16(21)19-14-7-6-11(20(23)24)9-13(14)15(18-19)17(22)26-2/h3-9H,1-2H3. The van der Waals surface area contributed by atoms with Gasteiger partial charge in [-0.15, -0.1) is 0 Å². The molecule has 132 valence electrons. The van der Waals surface area contributed by atoms with E-state index in [0.717, 1.165) is 11.8 Å². The first kappa shape index (κ1) is 17.1. The minimum Gasteiger partial charge on any atom is -0.497 e. The molecule has 0 saturated carbocycles. The lowest BCUT2D eigenvalue weighted by molar-refractivity contribution is -0.384. The molecule has 9 heteroatoms. The molecule has 0 atom stereocenters. The number of esters is 1. The number of hydrogen-bond donors (Lipinski definition) is 0. The van der Waals surface area contributed by atoms with Crippen molar-refractivity contribution in [2.75, 3.05) is 14.2 Å². The zero-order valence-electron chi connectivity index (χ0n) is 13.8. The number of carbonyl (C=O) groups is 2. The smallest absolute Gasteiger partial charge is 0.359 e. The summed E-state index contributed by atoms with van der Waals surface area (Å²) in [6.45, 7) is 0. The van der Waals surface area contributed by atoms with Crippen LogP contribution in [0.15, 0.2) is 42.5 Å². The topological polar surface area (TPSA) is 114 Å². The van der Waals surface area contributed by atoms with Gasteiger partial charge in [0, 0.05) is 23.1 Å². The van der Waals surface area contributed by atoms with Gasteiger partial charge >= 0.3 is 5.97 Å². The van der Waals surface area contributed by atoms with Crippen molar-refractivity contribution in [2.45, 2.75) is 0 Å². The average molecular weight is 355 g/mol. The quantitative estimate of drug-likeness (QED) is 0.401. The minimum atomic E-state index is -0.798. The van der Waals surface area contributed by atoms with E-state index in [0.29, 0.717) is 5.75 Å². The number of methoxy groups -OCH3 is 2. The molecule has 3 aromatic rings. The van der Waals surface area contributed by atoms with Crippen molar-refractivity contribution >= 4 is 28.5 Å². The van der Waals surface area contributed by atoms with Crippen molar-refractivity contribution in [3.05, 3.63) is 63.8 Å². The number of fused-ring (bicyclic) bond motifs is 1. The number of ether oxygens (including phenoxy) is 2. The molecule has 0 unspecified atom stereocenters. The zero-order chi connectivity index (χ0) is 18.8. The third-order valence-electron chi connectivity index (χ3n) is 3.76. The summed E-state index contributed by atoms with van der Waals surface area (Å²) in [6, 6.07) is 10.2. The maximum absolute atomic E-state index is 12.8. The highest BCUT2D eigenvalue weighted by Gasteiger charge is 2.24. The van der Waals surface area contributed by atoms with E-state index in [1.165, 1.54) is 31.4 Å². The number of nitro benzene ring substituents is 1. The fraction of sp³-hybridized carbons (Fsp3) is 0.118. The van der Waals surface area contributed by atoms with Crippen LogP contribution in [-0.2, 0) is 4.74 Å². The summed E-state index contributed by atoms with van der Waals surface area (Å²) in [4.78, 5) is 35.2. The number of benzene rings is 2. The van der Waals surface area contributed by atoms with E-state index in [1.807, 2.05) is 0 Å². The second kappa shape index (κ2) is 6.63. The minimum absolute atomic E-state index is 0.155. The molecule has 0 aliphatic rings. The molecule has 2 aromatic carbocycles. The largest absolute Gasteiger partial charge is 0.497 e. The molecular formula is C17H13N3O6. The molecule has 0 aliphatic heterocycles. The van der Waals surface area contributed by atoms with Crippen LogP contribution in [0.2, 0.25) is 0 Å². The van der Waals surface area contributed by atoms with Gasteiger partial charge in [-0.25, -0.2) is 4.79 Å². The predicted molar refractivity (Wildman–Crippen MR) is 90.4 cm³/mol. The van der Waals surface area contributed by atoms with Gasteiger partial charge in [0.25, 0.3) is 11.6 Å². The molecule has 0 saturated heterocycles. The Hall–Kier alpha value is -3.75. The van der Waals surface area contributed by atoms with Crippen molar-refractivity contribution < 1.29 is 24.0 Å². The first-order valence-corrected chi connectivity index (χ1v) is 7.40. The third-order valence-corrected chi connectivity index (χ3v) is 3.76. The molecule has 26 heavy (non-hydrogen) atoms. The Bertz CT molecular complexity index is 1040. The van der Waals surface area contributed by atoms with Crippen molar-refractivity contribution in [3.8, 4) is 5.75 Å². The molecule has 1 heterocycles. The van der Waals surface area contributed by atoms with E-state index in [2.05, 4.69) is 9.84 Å². The average Bonchev–Trinajstić information content (AvgIpc) is 3.05. The van der Waals surface area contributed by atoms with Crippen molar-refractivity contribution in [1.82, 2.24) is 9.78 Å². The summed E-state index contributed by atoms with van der Waals surface area (Å²) in [5, 5.41) is 15.2. The molecule has 0 N–H and O–H groups in total. The Morgan fingerprint density at radius 2 is 1.92 bits per heavy atom. The second-order valence-corrected chi connectivity index (χ2v) is 5.25. The lowest BCUT2D eigenvalue weighted by atomic mass is 10.1. The maximum Gasteiger partial charge on any atom is 0.359 e. The normalized spacial score (nSPS) is 10.5. The summed E-state index contributed by atoms with van der Waals surface area (Å²) in [6.07, 6.45) is 0. The Kier molecular flexibility index (Phi) is 4.36. The number of non-ortho nitro benzene ring substituents is 1. The Morgan fingerprint density at radius 3 is 2.58 bits per heavy atom. The van der Waals surface area contributed by atoms with Crippen LogP contribution in [0.4, 0.5) is 5.69 Å².